The summed E-state index contributed by atoms with van der Waals surface area (Å²) in [6.07, 6.45) is 4.60. The van der Waals surface area contributed by atoms with Crippen LogP contribution in [0.1, 0.15) is 42.5 Å². The zero-order valence-corrected chi connectivity index (χ0v) is 12.9. The Morgan fingerprint density at radius 1 is 1.19 bits per heavy atom. The molecule has 1 aliphatic rings. The molecule has 0 amide bonds. The minimum atomic E-state index is 0.396. The van der Waals surface area contributed by atoms with Crippen LogP contribution in [0.2, 0.25) is 0 Å². The van der Waals surface area contributed by atoms with Crippen LogP contribution in [0.25, 0.3) is 0 Å². The molecule has 1 atom stereocenters. The lowest BCUT2D eigenvalue weighted by atomic mass is 10.0. The molecule has 1 N–H and O–H groups in total. The van der Waals surface area contributed by atoms with Crippen LogP contribution in [-0.2, 0) is 12.8 Å². The third kappa shape index (κ3) is 2.90. The van der Waals surface area contributed by atoms with E-state index in [1.54, 1.807) is 7.11 Å². The molecule has 1 unspecified atom stereocenters. The summed E-state index contributed by atoms with van der Waals surface area (Å²) in [7, 11) is 1.73. The van der Waals surface area contributed by atoms with Gasteiger partial charge in [-0.2, -0.15) is 0 Å². The second-order valence-electron chi connectivity index (χ2n) is 5.71. The van der Waals surface area contributed by atoms with E-state index < -0.39 is 0 Å². The zero-order chi connectivity index (χ0) is 14.7. The molecule has 0 saturated carbocycles. The van der Waals surface area contributed by atoms with Gasteiger partial charge in [0.05, 0.1) is 13.2 Å². The largest absolute Gasteiger partial charge is 0.497 e. The maximum absolute atomic E-state index is 5.37. The van der Waals surface area contributed by atoms with Crippen molar-refractivity contribution in [3.8, 4) is 5.75 Å². The normalized spacial score (nSPS) is 16.6. The highest BCUT2D eigenvalue weighted by Gasteiger charge is 2.23. The summed E-state index contributed by atoms with van der Waals surface area (Å²) in [5.74, 6) is 0.948. The molecular weight excluding hydrogens is 258 g/mol. The number of hydrogen-bond acceptors (Lipinski definition) is 2. The number of rotatable bonds is 5. The topological polar surface area (TPSA) is 21.3 Å². The molecule has 0 aromatic heterocycles. The number of fused-ring (bicyclic) bond motifs is 1. The van der Waals surface area contributed by atoms with Gasteiger partial charge in [0.25, 0.3) is 0 Å². The molecule has 0 bridgehead atoms. The first-order valence-corrected chi connectivity index (χ1v) is 7.83. The summed E-state index contributed by atoms with van der Waals surface area (Å²) in [4.78, 5) is 0. The van der Waals surface area contributed by atoms with E-state index in [2.05, 4.69) is 54.7 Å². The van der Waals surface area contributed by atoms with Crippen molar-refractivity contribution in [1.29, 1.82) is 0 Å². The average molecular weight is 281 g/mol. The molecule has 0 aliphatic heterocycles. The Hall–Kier alpha value is -1.96. The van der Waals surface area contributed by atoms with Crippen LogP contribution in [0.4, 0.5) is 5.69 Å². The molecule has 0 radical (unpaired) electrons. The standard InChI is InChI=1S/C19H23NO/c1-3-6-15-7-4-5-8-18(15)20-19-12-10-14-9-11-16(21-2)13-17(14)19/h4-5,7-9,11,13,19-20H,3,6,10,12H2,1-2H3. The SMILES string of the molecule is CCCc1ccccc1NC1CCc2ccc(OC)cc21. The van der Waals surface area contributed by atoms with Crippen LogP contribution >= 0.6 is 0 Å². The van der Waals surface area contributed by atoms with Crippen LogP contribution in [-0.4, -0.2) is 7.11 Å². The Kier molecular flexibility index (Phi) is 4.14. The van der Waals surface area contributed by atoms with Crippen molar-refractivity contribution in [2.24, 2.45) is 0 Å². The van der Waals surface area contributed by atoms with Gasteiger partial charge in [0, 0.05) is 5.69 Å². The van der Waals surface area contributed by atoms with E-state index >= 15 is 0 Å². The Morgan fingerprint density at radius 2 is 2.05 bits per heavy atom. The quantitative estimate of drug-likeness (QED) is 0.854. The highest BCUT2D eigenvalue weighted by Crippen LogP contribution is 2.36. The van der Waals surface area contributed by atoms with E-state index in [0.29, 0.717) is 6.04 Å². The third-order valence-corrected chi connectivity index (χ3v) is 4.30. The van der Waals surface area contributed by atoms with Crippen LogP contribution in [0, 0.1) is 0 Å². The Balaban J connectivity index is 1.85. The first kappa shape index (κ1) is 14.0. The van der Waals surface area contributed by atoms with Crippen molar-refractivity contribution in [1.82, 2.24) is 0 Å². The van der Waals surface area contributed by atoms with E-state index in [0.717, 1.165) is 25.0 Å². The summed E-state index contributed by atoms with van der Waals surface area (Å²) < 4.78 is 5.37. The van der Waals surface area contributed by atoms with Crippen LogP contribution in [0.3, 0.4) is 0 Å². The van der Waals surface area contributed by atoms with Gasteiger partial charge in [-0.05, 0) is 54.2 Å². The van der Waals surface area contributed by atoms with Gasteiger partial charge in [0.2, 0.25) is 0 Å². The summed E-state index contributed by atoms with van der Waals surface area (Å²) in [6, 6.07) is 15.5. The maximum Gasteiger partial charge on any atom is 0.119 e. The smallest absolute Gasteiger partial charge is 0.119 e. The van der Waals surface area contributed by atoms with Crippen LogP contribution < -0.4 is 10.1 Å². The molecule has 0 saturated heterocycles. The van der Waals surface area contributed by atoms with Crippen molar-refractivity contribution < 1.29 is 4.74 Å². The number of nitrogens with one attached hydrogen (secondary N) is 1. The number of methoxy groups -OCH3 is 1. The number of hydrogen-bond donors (Lipinski definition) is 1. The highest BCUT2D eigenvalue weighted by atomic mass is 16.5. The van der Waals surface area contributed by atoms with E-state index in [4.69, 9.17) is 4.74 Å². The fraction of sp³-hybridized carbons (Fsp3) is 0.368. The second kappa shape index (κ2) is 6.21. The van der Waals surface area contributed by atoms with Crippen LogP contribution in [0.5, 0.6) is 5.75 Å². The molecule has 2 aromatic rings. The predicted molar refractivity (Wildman–Crippen MR) is 88.1 cm³/mol. The Morgan fingerprint density at radius 3 is 2.86 bits per heavy atom. The first-order chi connectivity index (χ1) is 10.3. The van der Waals surface area contributed by atoms with E-state index in [-0.39, 0.29) is 0 Å². The van der Waals surface area contributed by atoms with Gasteiger partial charge >= 0.3 is 0 Å². The molecule has 2 aromatic carbocycles. The molecule has 0 fully saturated rings. The Labute approximate surface area is 127 Å². The fourth-order valence-electron chi connectivity index (χ4n) is 3.19. The van der Waals surface area contributed by atoms with Crippen molar-refractivity contribution in [2.75, 3.05) is 12.4 Å². The lowest BCUT2D eigenvalue weighted by Crippen LogP contribution is -2.09. The van der Waals surface area contributed by atoms with Crippen LogP contribution in [0.15, 0.2) is 42.5 Å². The van der Waals surface area contributed by atoms with Gasteiger partial charge in [0.15, 0.2) is 0 Å². The highest BCUT2D eigenvalue weighted by molar-refractivity contribution is 5.54. The average Bonchev–Trinajstić information content (AvgIpc) is 2.92. The summed E-state index contributed by atoms with van der Waals surface area (Å²) >= 11 is 0. The summed E-state index contributed by atoms with van der Waals surface area (Å²) in [5, 5.41) is 3.75. The van der Waals surface area contributed by atoms with Crippen molar-refractivity contribution in [3.63, 3.8) is 0 Å². The van der Waals surface area contributed by atoms with Crippen molar-refractivity contribution in [3.05, 3.63) is 59.2 Å². The van der Waals surface area contributed by atoms with E-state index in [9.17, 15) is 0 Å². The lowest BCUT2D eigenvalue weighted by molar-refractivity contribution is 0.414. The molecule has 1 aliphatic carbocycles. The van der Waals surface area contributed by atoms with Gasteiger partial charge < -0.3 is 10.1 Å². The van der Waals surface area contributed by atoms with Gasteiger partial charge in [-0.15, -0.1) is 0 Å². The number of benzene rings is 2. The number of ether oxygens (including phenoxy) is 1. The summed E-state index contributed by atoms with van der Waals surface area (Å²) in [5.41, 5.74) is 5.53. The zero-order valence-electron chi connectivity index (χ0n) is 12.9. The minimum Gasteiger partial charge on any atom is -0.497 e. The molecule has 2 nitrogen and oxygen atoms in total. The third-order valence-electron chi connectivity index (χ3n) is 4.30. The molecule has 21 heavy (non-hydrogen) atoms. The van der Waals surface area contributed by atoms with Gasteiger partial charge in [-0.25, -0.2) is 0 Å². The van der Waals surface area contributed by atoms with Gasteiger partial charge in [-0.1, -0.05) is 37.6 Å². The van der Waals surface area contributed by atoms with E-state index in [1.807, 2.05) is 0 Å². The van der Waals surface area contributed by atoms with Crippen molar-refractivity contribution >= 4 is 5.69 Å². The molecule has 0 heterocycles. The number of aryl methyl sites for hydroxylation is 2. The van der Waals surface area contributed by atoms with Gasteiger partial charge in [0.1, 0.15) is 5.75 Å². The second-order valence-corrected chi connectivity index (χ2v) is 5.71. The van der Waals surface area contributed by atoms with Gasteiger partial charge in [-0.3, -0.25) is 0 Å². The molecular formula is C19H23NO. The van der Waals surface area contributed by atoms with Crippen molar-refractivity contribution in [2.45, 2.75) is 38.6 Å². The van der Waals surface area contributed by atoms with E-state index in [1.165, 1.54) is 28.8 Å². The predicted octanol–water partition coefficient (Wildman–Crippen LogP) is 4.75. The minimum absolute atomic E-state index is 0.396. The maximum atomic E-state index is 5.37. The Bertz CT molecular complexity index is 621. The lowest BCUT2D eigenvalue weighted by Gasteiger charge is -2.19. The monoisotopic (exact) mass is 281 g/mol. The molecule has 2 heteroatoms. The number of para-hydroxylation sites is 1. The first-order valence-electron chi connectivity index (χ1n) is 7.83. The molecule has 3 rings (SSSR count). The molecule has 0 spiro atoms. The number of anilines is 1. The fourth-order valence-corrected chi connectivity index (χ4v) is 3.19. The molecule has 110 valence electrons. The summed E-state index contributed by atoms with van der Waals surface area (Å²) in [6.45, 7) is 2.23.